The molecule has 0 radical (unpaired) electrons. The highest BCUT2D eigenvalue weighted by molar-refractivity contribution is 5.11. The van der Waals surface area contributed by atoms with Crippen LogP contribution in [0.25, 0.3) is 0 Å². The molecule has 5 heteroatoms. The van der Waals surface area contributed by atoms with Gasteiger partial charge in [0.05, 0.1) is 6.61 Å². The fraction of sp³-hybridized carbons (Fsp3) is 0.600. The summed E-state index contributed by atoms with van der Waals surface area (Å²) in [6, 6.07) is 0. The third-order valence-corrected chi connectivity index (χ3v) is 1.26. The van der Waals surface area contributed by atoms with Crippen LogP contribution in [0.5, 0.6) is 0 Å². The van der Waals surface area contributed by atoms with Gasteiger partial charge in [0.25, 0.3) is 0 Å². The Hall–Kier alpha value is -0.780. The first-order valence-corrected chi connectivity index (χ1v) is 2.73. The van der Waals surface area contributed by atoms with E-state index in [9.17, 15) is 0 Å². The van der Waals surface area contributed by atoms with Gasteiger partial charge in [-0.05, 0) is 0 Å². The molecule has 0 aromatic carbocycles. The molecular formula is C5H8O5. The van der Waals surface area contributed by atoms with Gasteiger partial charge in [-0.1, -0.05) is 0 Å². The minimum Gasteiger partial charge on any atom is -0.506 e. The smallest absolute Gasteiger partial charge is 0.218 e. The van der Waals surface area contributed by atoms with Crippen molar-refractivity contribution in [3.63, 3.8) is 0 Å². The molecule has 0 amide bonds. The maximum Gasteiger partial charge on any atom is 0.218 e. The first-order chi connectivity index (χ1) is 4.66. The van der Waals surface area contributed by atoms with E-state index in [2.05, 4.69) is 4.74 Å². The molecule has 10 heavy (non-hydrogen) atoms. The van der Waals surface area contributed by atoms with Gasteiger partial charge in [0.1, 0.15) is 6.10 Å². The SMILES string of the molecule is OC[C@H]1O[C@@H](O)C(O)=C1O. The molecule has 0 saturated heterocycles. The molecule has 0 saturated carbocycles. The number of hydrogen-bond donors (Lipinski definition) is 4. The Bertz CT molecular complexity index is 163. The molecule has 1 rings (SSSR count). The monoisotopic (exact) mass is 148 g/mol. The van der Waals surface area contributed by atoms with Crippen molar-refractivity contribution < 1.29 is 25.2 Å². The van der Waals surface area contributed by atoms with Gasteiger partial charge in [-0.15, -0.1) is 0 Å². The summed E-state index contributed by atoms with van der Waals surface area (Å²) in [5.74, 6) is -1.13. The van der Waals surface area contributed by atoms with E-state index in [0.29, 0.717) is 0 Å². The van der Waals surface area contributed by atoms with E-state index < -0.39 is 30.5 Å². The second-order valence-corrected chi connectivity index (χ2v) is 1.93. The van der Waals surface area contributed by atoms with E-state index in [4.69, 9.17) is 20.4 Å². The van der Waals surface area contributed by atoms with Gasteiger partial charge < -0.3 is 25.2 Å². The third kappa shape index (κ3) is 0.942. The van der Waals surface area contributed by atoms with Gasteiger partial charge in [0.2, 0.25) is 6.29 Å². The van der Waals surface area contributed by atoms with Crippen LogP contribution in [0, 0.1) is 0 Å². The highest BCUT2D eigenvalue weighted by Gasteiger charge is 2.32. The zero-order valence-electron chi connectivity index (χ0n) is 5.06. The summed E-state index contributed by atoms with van der Waals surface area (Å²) in [6.07, 6.45) is -2.49. The molecule has 0 bridgehead atoms. The Balaban J connectivity index is 2.73. The maximum absolute atomic E-state index is 8.81. The zero-order chi connectivity index (χ0) is 7.72. The van der Waals surface area contributed by atoms with Crippen LogP contribution in [0.15, 0.2) is 11.5 Å². The van der Waals surface area contributed by atoms with Gasteiger partial charge >= 0.3 is 0 Å². The average Bonchev–Trinajstić information content (AvgIpc) is 2.17. The molecule has 1 aliphatic rings. The fourth-order valence-electron chi connectivity index (χ4n) is 0.705. The molecule has 0 fully saturated rings. The molecular weight excluding hydrogens is 140 g/mol. The summed E-state index contributed by atoms with van der Waals surface area (Å²) in [5, 5.41) is 34.6. The first-order valence-electron chi connectivity index (χ1n) is 2.73. The van der Waals surface area contributed by atoms with E-state index in [1.165, 1.54) is 0 Å². The maximum atomic E-state index is 8.81. The number of hydrogen-bond acceptors (Lipinski definition) is 5. The summed E-state index contributed by atoms with van der Waals surface area (Å²) >= 11 is 0. The lowest BCUT2D eigenvalue weighted by Crippen LogP contribution is -2.18. The van der Waals surface area contributed by atoms with Gasteiger partial charge in [0, 0.05) is 0 Å². The minimum absolute atomic E-state index is 0.465. The Kier molecular flexibility index (Phi) is 1.80. The second kappa shape index (κ2) is 2.45. The quantitative estimate of drug-likeness (QED) is 0.384. The second-order valence-electron chi connectivity index (χ2n) is 1.93. The lowest BCUT2D eigenvalue weighted by atomic mass is 10.3. The highest BCUT2D eigenvalue weighted by Crippen LogP contribution is 2.20. The molecule has 58 valence electrons. The van der Waals surface area contributed by atoms with E-state index in [-0.39, 0.29) is 0 Å². The van der Waals surface area contributed by atoms with Crippen LogP contribution < -0.4 is 0 Å². The number of rotatable bonds is 1. The van der Waals surface area contributed by atoms with Crippen molar-refractivity contribution in [1.82, 2.24) is 0 Å². The van der Waals surface area contributed by atoms with Gasteiger partial charge in [-0.25, -0.2) is 0 Å². The fourth-order valence-corrected chi connectivity index (χ4v) is 0.705. The van der Waals surface area contributed by atoms with Gasteiger partial charge in [-0.3, -0.25) is 0 Å². The van der Waals surface area contributed by atoms with Crippen molar-refractivity contribution in [3.8, 4) is 0 Å². The van der Waals surface area contributed by atoms with Gasteiger partial charge in [0.15, 0.2) is 11.5 Å². The summed E-state index contributed by atoms with van der Waals surface area (Å²) in [6.45, 7) is -0.465. The number of aliphatic hydroxyl groups is 4. The van der Waals surface area contributed by atoms with Crippen molar-refractivity contribution in [1.29, 1.82) is 0 Å². The topological polar surface area (TPSA) is 90.2 Å². The molecule has 0 aliphatic carbocycles. The Morgan fingerprint density at radius 3 is 2.10 bits per heavy atom. The molecule has 0 aromatic rings. The number of ether oxygens (including phenoxy) is 1. The van der Waals surface area contributed by atoms with E-state index in [0.717, 1.165) is 0 Å². The van der Waals surface area contributed by atoms with E-state index in [1.807, 2.05) is 0 Å². The molecule has 1 aliphatic heterocycles. The molecule has 1 heterocycles. The first kappa shape index (κ1) is 7.33. The normalized spacial score (nSPS) is 33.4. The Labute approximate surface area is 56.8 Å². The summed E-state index contributed by atoms with van der Waals surface area (Å²) in [7, 11) is 0. The van der Waals surface area contributed by atoms with Crippen LogP contribution in [0.1, 0.15) is 0 Å². The van der Waals surface area contributed by atoms with Crippen LogP contribution in [0.2, 0.25) is 0 Å². The van der Waals surface area contributed by atoms with Crippen LogP contribution in [0.4, 0.5) is 0 Å². The van der Waals surface area contributed by atoms with Crippen molar-refractivity contribution in [3.05, 3.63) is 11.5 Å². The number of aliphatic hydroxyl groups excluding tert-OH is 4. The van der Waals surface area contributed by atoms with Crippen LogP contribution in [-0.4, -0.2) is 39.4 Å². The van der Waals surface area contributed by atoms with Crippen LogP contribution in [0.3, 0.4) is 0 Å². The molecule has 0 unspecified atom stereocenters. The lowest BCUT2D eigenvalue weighted by Gasteiger charge is -2.05. The molecule has 0 spiro atoms. The van der Waals surface area contributed by atoms with E-state index >= 15 is 0 Å². The van der Waals surface area contributed by atoms with Crippen molar-refractivity contribution >= 4 is 0 Å². The predicted molar refractivity (Wildman–Crippen MR) is 30.2 cm³/mol. The lowest BCUT2D eigenvalue weighted by molar-refractivity contribution is -0.109. The molecule has 5 nitrogen and oxygen atoms in total. The van der Waals surface area contributed by atoms with Crippen LogP contribution in [-0.2, 0) is 4.74 Å². The zero-order valence-corrected chi connectivity index (χ0v) is 5.06. The summed E-state index contributed by atoms with van der Waals surface area (Å²) < 4.78 is 4.47. The average molecular weight is 148 g/mol. The molecule has 4 N–H and O–H groups in total. The Morgan fingerprint density at radius 2 is 1.90 bits per heavy atom. The van der Waals surface area contributed by atoms with E-state index in [1.54, 1.807) is 0 Å². The largest absolute Gasteiger partial charge is 0.506 e. The highest BCUT2D eigenvalue weighted by atomic mass is 16.6. The summed E-state index contributed by atoms with van der Waals surface area (Å²) in [5.41, 5.74) is 0. The van der Waals surface area contributed by atoms with Crippen LogP contribution >= 0.6 is 0 Å². The predicted octanol–water partition coefficient (Wildman–Crippen LogP) is -0.976. The van der Waals surface area contributed by atoms with Crippen molar-refractivity contribution in [2.24, 2.45) is 0 Å². The molecule has 2 atom stereocenters. The minimum atomic E-state index is -1.50. The summed E-state index contributed by atoms with van der Waals surface area (Å²) in [4.78, 5) is 0. The van der Waals surface area contributed by atoms with Crippen molar-refractivity contribution in [2.45, 2.75) is 12.4 Å². The van der Waals surface area contributed by atoms with Gasteiger partial charge in [-0.2, -0.15) is 0 Å². The Morgan fingerprint density at radius 1 is 1.30 bits per heavy atom. The standard InChI is InChI=1S/C5H8O5/c6-1-2-3(7)4(8)5(9)10-2/h2,5-9H,1H2/t2-,5-/m1/s1. The van der Waals surface area contributed by atoms with Crippen molar-refractivity contribution in [2.75, 3.05) is 6.61 Å². The molecule has 0 aromatic heterocycles. The third-order valence-electron chi connectivity index (χ3n) is 1.26.